The first-order valence-electron chi connectivity index (χ1n) is 6.21. The molecule has 0 spiro atoms. The second-order valence-electron chi connectivity index (χ2n) is 4.60. The standard InChI is InChI=1S/C12H18N4O2/c1-3-10-8-15(5-4-13-10)12-9(2)6-11(7-14-12)16(17)18/h6-7,10,13H,3-5,8H2,1-2H3. The van der Waals surface area contributed by atoms with Gasteiger partial charge in [-0.3, -0.25) is 10.1 Å². The molecular weight excluding hydrogens is 232 g/mol. The molecule has 0 saturated carbocycles. The summed E-state index contributed by atoms with van der Waals surface area (Å²) in [5.74, 6) is 0.862. The van der Waals surface area contributed by atoms with E-state index in [1.54, 1.807) is 6.07 Å². The molecule has 2 heterocycles. The Kier molecular flexibility index (Phi) is 3.76. The molecule has 0 aromatic carbocycles. The molecule has 0 aliphatic carbocycles. The molecular formula is C12H18N4O2. The molecule has 0 bridgehead atoms. The highest BCUT2D eigenvalue weighted by atomic mass is 16.6. The molecule has 18 heavy (non-hydrogen) atoms. The minimum atomic E-state index is -0.406. The molecule has 6 nitrogen and oxygen atoms in total. The van der Waals surface area contributed by atoms with Crippen LogP contribution in [0.3, 0.4) is 0 Å². The lowest BCUT2D eigenvalue weighted by atomic mass is 10.1. The van der Waals surface area contributed by atoms with Crippen LogP contribution < -0.4 is 10.2 Å². The molecule has 0 amide bonds. The van der Waals surface area contributed by atoms with Gasteiger partial charge in [-0.1, -0.05) is 6.92 Å². The van der Waals surface area contributed by atoms with E-state index in [2.05, 4.69) is 22.1 Å². The first-order valence-corrected chi connectivity index (χ1v) is 6.21. The summed E-state index contributed by atoms with van der Waals surface area (Å²) in [6.45, 7) is 6.75. The van der Waals surface area contributed by atoms with Crippen LogP contribution >= 0.6 is 0 Å². The fourth-order valence-corrected chi connectivity index (χ4v) is 2.27. The lowest BCUT2D eigenvalue weighted by molar-refractivity contribution is -0.385. The van der Waals surface area contributed by atoms with Crippen molar-refractivity contribution in [1.82, 2.24) is 10.3 Å². The molecule has 1 aliphatic heterocycles. The highest BCUT2D eigenvalue weighted by Gasteiger charge is 2.21. The summed E-state index contributed by atoms with van der Waals surface area (Å²) in [4.78, 5) is 16.7. The van der Waals surface area contributed by atoms with Crippen molar-refractivity contribution in [2.45, 2.75) is 26.3 Å². The van der Waals surface area contributed by atoms with Gasteiger partial charge in [0.1, 0.15) is 12.0 Å². The average molecular weight is 250 g/mol. The zero-order valence-corrected chi connectivity index (χ0v) is 10.7. The zero-order chi connectivity index (χ0) is 13.1. The van der Waals surface area contributed by atoms with E-state index in [9.17, 15) is 10.1 Å². The lowest BCUT2D eigenvalue weighted by Crippen LogP contribution is -2.50. The molecule has 1 unspecified atom stereocenters. The van der Waals surface area contributed by atoms with Crippen molar-refractivity contribution in [3.05, 3.63) is 27.9 Å². The van der Waals surface area contributed by atoms with Crippen molar-refractivity contribution in [3.8, 4) is 0 Å². The van der Waals surface area contributed by atoms with Gasteiger partial charge in [0, 0.05) is 31.7 Å². The molecule has 1 atom stereocenters. The number of pyridine rings is 1. The maximum absolute atomic E-state index is 10.7. The molecule has 1 aromatic heterocycles. The van der Waals surface area contributed by atoms with E-state index in [0.29, 0.717) is 6.04 Å². The van der Waals surface area contributed by atoms with Crippen LogP contribution in [-0.4, -0.2) is 35.6 Å². The molecule has 6 heteroatoms. The van der Waals surface area contributed by atoms with Crippen LogP contribution in [0.2, 0.25) is 0 Å². The first-order chi connectivity index (χ1) is 8.61. The van der Waals surface area contributed by atoms with E-state index in [1.807, 2.05) is 6.92 Å². The van der Waals surface area contributed by atoms with Gasteiger partial charge in [0.25, 0.3) is 5.69 Å². The Morgan fingerprint density at radius 3 is 3.06 bits per heavy atom. The summed E-state index contributed by atoms with van der Waals surface area (Å²) in [7, 11) is 0. The number of hydrogen-bond donors (Lipinski definition) is 1. The van der Waals surface area contributed by atoms with E-state index in [1.165, 1.54) is 6.20 Å². The van der Waals surface area contributed by atoms with E-state index in [0.717, 1.165) is 37.4 Å². The van der Waals surface area contributed by atoms with E-state index < -0.39 is 4.92 Å². The van der Waals surface area contributed by atoms with Gasteiger partial charge in [-0.05, 0) is 18.9 Å². The van der Waals surface area contributed by atoms with Crippen LogP contribution in [0.5, 0.6) is 0 Å². The van der Waals surface area contributed by atoms with Crippen molar-refractivity contribution in [1.29, 1.82) is 0 Å². The molecule has 98 valence electrons. The highest BCUT2D eigenvalue weighted by Crippen LogP contribution is 2.22. The van der Waals surface area contributed by atoms with E-state index >= 15 is 0 Å². The van der Waals surface area contributed by atoms with Crippen molar-refractivity contribution < 1.29 is 4.92 Å². The number of nitrogens with zero attached hydrogens (tertiary/aromatic N) is 3. The topological polar surface area (TPSA) is 71.3 Å². The predicted octanol–water partition coefficient (Wildman–Crippen LogP) is 1.49. The minimum Gasteiger partial charge on any atom is -0.354 e. The summed E-state index contributed by atoms with van der Waals surface area (Å²) >= 11 is 0. The van der Waals surface area contributed by atoms with Crippen LogP contribution in [0.15, 0.2) is 12.3 Å². The highest BCUT2D eigenvalue weighted by molar-refractivity contribution is 5.51. The van der Waals surface area contributed by atoms with Crippen LogP contribution in [0.25, 0.3) is 0 Å². The summed E-state index contributed by atoms with van der Waals surface area (Å²) in [6, 6.07) is 2.06. The third-order valence-corrected chi connectivity index (χ3v) is 3.29. The fraction of sp³-hybridized carbons (Fsp3) is 0.583. The lowest BCUT2D eigenvalue weighted by Gasteiger charge is -2.34. The van der Waals surface area contributed by atoms with Gasteiger partial charge in [0.15, 0.2) is 0 Å². The monoisotopic (exact) mass is 250 g/mol. The largest absolute Gasteiger partial charge is 0.354 e. The Bertz CT molecular complexity index is 450. The average Bonchev–Trinajstić information content (AvgIpc) is 2.38. The Hall–Kier alpha value is -1.69. The number of anilines is 1. The van der Waals surface area contributed by atoms with Crippen molar-refractivity contribution in [3.63, 3.8) is 0 Å². The van der Waals surface area contributed by atoms with Crippen LogP contribution in [0, 0.1) is 17.0 Å². The van der Waals surface area contributed by atoms with Crippen LogP contribution in [-0.2, 0) is 0 Å². The summed E-state index contributed by atoms with van der Waals surface area (Å²) < 4.78 is 0. The molecule has 2 rings (SSSR count). The van der Waals surface area contributed by atoms with E-state index in [-0.39, 0.29) is 5.69 Å². The molecule has 1 aromatic rings. The van der Waals surface area contributed by atoms with Gasteiger partial charge in [0.2, 0.25) is 0 Å². The van der Waals surface area contributed by atoms with Gasteiger partial charge >= 0.3 is 0 Å². The maximum atomic E-state index is 10.7. The second kappa shape index (κ2) is 5.30. The van der Waals surface area contributed by atoms with Crippen LogP contribution in [0.4, 0.5) is 11.5 Å². The third-order valence-electron chi connectivity index (χ3n) is 3.29. The first kappa shape index (κ1) is 12.8. The van der Waals surface area contributed by atoms with Gasteiger partial charge in [-0.25, -0.2) is 4.98 Å². The van der Waals surface area contributed by atoms with Gasteiger partial charge < -0.3 is 10.2 Å². The Morgan fingerprint density at radius 1 is 1.67 bits per heavy atom. The number of nitrogens with one attached hydrogen (secondary N) is 1. The minimum absolute atomic E-state index is 0.0541. The number of aromatic nitrogens is 1. The zero-order valence-electron chi connectivity index (χ0n) is 10.7. The normalized spacial score (nSPS) is 19.9. The summed E-state index contributed by atoms with van der Waals surface area (Å²) in [5.41, 5.74) is 0.916. The Labute approximate surface area is 106 Å². The smallest absolute Gasteiger partial charge is 0.287 e. The summed E-state index contributed by atoms with van der Waals surface area (Å²) in [5, 5.41) is 14.1. The maximum Gasteiger partial charge on any atom is 0.287 e. The van der Waals surface area contributed by atoms with Crippen molar-refractivity contribution in [2.75, 3.05) is 24.5 Å². The number of nitro groups is 1. The Morgan fingerprint density at radius 2 is 2.44 bits per heavy atom. The SMILES string of the molecule is CCC1CN(c2ncc([N+](=O)[O-])cc2C)CCN1. The Balaban J connectivity index is 2.20. The van der Waals surface area contributed by atoms with Crippen molar-refractivity contribution >= 4 is 11.5 Å². The summed E-state index contributed by atoms with van der Waals surface area (Å²) in [6.07, 6.45) is 2.41. The van der Waals surface area contributed by atoms with Gasteiger partial charge in [-0.2, -0.15) is 0 Å². The van der Waals surface area contributed by atoms with Crippen LogP contribution in [0.1, 0.15) is 18.9 Å². The molecule has 0 radical (unpaired) electrons. The molecule has 1 fully saturated rings. The molecule has 1 aliphatic rings. The number of rotatable bonds is 3. The number of aryl methyl sites for hydroxylation is 1. The van der Waals surface area contributed by atoms with E-state index in [4.69, 9.17) is 0 Å². The predicted molar refractivity (Wildman–Crippen MR) is 69.9 cm³/mol. The van der Waals surface area contributed by atoms with Gasteiger partial charge in [0.05, 0.1) is 4.92 Å². The third kappa shape index (κ3) is 2.59. The molecule has 1 N–H and O–H groups in total. The van der Waals surface area contributed by atoms with Crippen molar-refractivity contribution in [2.24, 2.45) is 0 Å². The number of piperazine rings is 1. The molecule has 1 saturated heterocycles. The quantitative estimate of drug-likeness (QED) is 0.650. The fourth-order valence-electron chi connectivity index (χ4n) is 2.27. The number of hydrogen-bond acceptors (Lipinski definition) is 5. The van der Waals surface area contributed by atoms with Gasteiger partial charge in [-0.15, -0.1) is 0 Å². The second-order valence-corrected chi connectivity index (χ2v) is 4.60.